The molecule has 0 spiro atoms. The number of H-pyrrole nitrogens is 1. The zero-order valence-corrected chi connectivity index (χ0v) is 11.7. The molecule has 0 fully saturated rings. The lowest BCUT2D eigenvalue weighted by atomic mass is 10.2. The fourth-order valence-electron chi connectivity index (χ4n) is 1.96. The summed E-state index contributed by atoms with van der Waals surface area (Å²) in [5.74, 6) is 0. The maximum absolute atomic E-state index is 9.15. The summed E-state index contributed by atoms with van der Waals surface area (Å²) in [7, 11) is 0. The molecule has 3 aromatic rings. The van der Waals surface area contributed by atoms with Gasteiger partial charge in [-0.05, 0) is 42.8 Å². The Morgan fingerprint density at radius 2 is 2.10 bits per heavy atom. The number of imidazole rings is 1. The highest BCUT2D eigenvalue weighted by Crippen LogP contribution is 2.30. The number of nitrogen functional groups attached to an aromatic ring is 1. The van der Waals surface area contributed by atoms with Crippen molar-refractivity contribution in [1.82, 2.24) is 9.97 Å². The van der Waals surface area contributed by atoms with E-state index in [1.165, 1.54) is 11.8 Å². The highest BCUT2D eigenvalue weighted by molar-refractivity contribution is 7.99. The van der Waals surface area contributed by atoms with E-state index in [4.69, 9.17) is 11.0 Å². The van der Waals surface area contributed by atoms with Crippen LogP contribution in [0.5, 0.6) is 0 Å². The molecular weight excluding hydrogens is 268 g/mol. The van der Waals surface area contributed by atoms with Crippen molar-refractivity contribution in [3.8, 4) is 6.07 Å². The van der Waals surface area contributed by atoms with Crippen molar-refractivity contribution in [2.75, 3.05) is 5.73 Å². The summed E-state index contributed by atoms with van der Waals surface area (Å²) in [5, 5.41) is 9.91. The highest BCUT2D eigenvalue weighted by atomic mass is 32.2. The molecule has 5 heteroatoms. The number of nitriles is 1. The van der Waals surface area contributed by atoms with Crippen LogP contribution in [0.25, 0.3) is 11.0 Å². The quantitative estimate of drug-likeness (QED) is 0.704. The van der Waals surface area contributed by atoms with E-state index in [2.05, 4.69) is 16.0 Å². The van der Waals surface area contributed by atoms with Crippen LogP contribution in [0.1, 0.15) is 11.1 Å². The number of benzene rings is 2. The molecule has 3 rings (SSSR count). The van der Waals surface area contributed by atoms with Gasteiger partial charge in [-0.15, -0.1) is 0 Å². The molecule has 2 aromatic carbocycles. The lowest BCUT2D eigenvalue weighted by molar-refractivity contribution is 1.08. The molecule has 3 N–H and O–H groups in total. The van der Waals surface area contributed by atoms with Crippen molar-refractivity contribution in [3.05, 3.63) is 47.5 Å². The van der Waals surface area contributed by atoms with Gasteiger partial charge in [0.15, 0.2) is 5.16 Å². The first-order chi connectivity index (χ1) is 9.65. The Morgan fingerprint density at radius 3 is 2.90 bits per heavy atom. The third kappa shape index (κ3) is 2.33. The Labute approximate surface area is 120 Å². The number of aromatic amines is 1. The largest absolute Gasteiger partial charge is 0.399 e. The number of nitrogens with two attached hydrogens (primary N) is 1. The molecule has 0 aliphatic rings. The van der Waals surface area contributed by atoms with Crippen LogP contribution in [0.4, 0.5) is 5.69 Å². The fourth-order valence-corrected chi connectivity index (χ4v) is 2.94. The van der Waals surface area contributed by atoms with Gasteiger partial charge in [-0.2, -0.15) is 5.26 Å². The van der Waals surface area contributed by atoms with Crippen molar-refractivity contribution in [2.24, 2.45) is 0 Å². The smallest absolute Gasteiger partial charge is 0.171 e. The lowest BCUT2D eigenvalue weighted by Gasteiger charge is -2.02. The van der Waals surface area contributed by atoms with Crippen LogP contribution in [0.2, 0.25) is 0 Å². The number of hydrogen-bond acceptors (Lipinski definition) is 4. The third-order valence-electron chi connectivity index (χ3n) is 2.95. The molecule has 0 saturated heterocycles. The van der Waals surface area contributed by atoms with Crippen LogP contribution in [0.15, 0.2) is 46.5 Å². The molecule has 0 aliphatic heterocycles. The van der Waals surface area contributed by atoms with E-state index < -0.39 is 0 Å². The van der Waals surface area contributed by atoms with Crippen molar-refractivity contribution < 1.29 is 0 Å². The van der Waals surface area contributed by atoms with E-state index >= 15 is 0 Å². The second-order valence-electron chi connectivity index (χ2n) is 4.53. The molecule has 98 valence electrons. The number of hydrogen-bond donors (Lipinski definition) is 2. The number of nitrogens with one attached hydrogen (secondary N) is 1. The van der Waals surface area contributed by atoms with Gasteiger partial charge in [-0.3, -0.25) is 0 Å². The predicted molar refractivity (Wildman–Crippen MR) is 80.5 cm³/mol. The van der Waals surface area contributed by atoms with Crippen LogP contribution < -0.4 is 5.73 Å². The van der Waals surface area contributed by atoms with Crippen molar-refractivity contribution in [2.45, 2.75) is 17.0 Å². The summed E-state index contributed by atoms with van der Waals surface area (Å²) in [6.45, 7) is 2.00. The molecule has 1 aromatic heterocycles. The Morgan fingerprint density at radius 1 is 1.25 bits per heavy atom. The average molecular weight is 280 g/mol. The van der Waals surface area contributed by atoms with E-state index in [1.807, 2.05) is 43.3 Å². The Kier molecular flexibility index (Phi) is 3.09. The van der Waals surface area contributed by atoms with Crippen molar-refractivity contribution >= 4 is 28.5 Å². The van der Waals surface area contributed by atoms with Gasteiger partial charge in [0.1, 0.15) is 6.07 Å². The lowest BCUT2D eigenvalue weighted by Crippen LogP contribution is -1.84. The number of anilines is 1. The summed E-state index contributed by atoms with van der Waals surface area (Å²) < 4.78 is 0. The Hall–Kier alpha value is -2.45. The SMILES string of the molecule is Cc1ccc(C#N)c(Sc2nc3ccc(N)cc3[nH]2)c1. The molecule has 0 unspecified atom stereocenters. The van der Waals surface area contributed by atoms with E-state index in [0.29, 0.717) is 11.3 Å². The molecular formula is C15H12N4S. The third-order valence-corrected chi connectivity index (χ3v) is 3.89. The molecule has 0 saturated carbocycles. The minimum Gasteiger partial charge on any atom is -0.399 e. The van der Waals surface area contributed by atoms with Gasteiger partial charge >= 0.3 is 0 Å². The van der Waals surface area contributed by atoms with Gasteiger partial charge in [-0.1, -0.05) is 17.8 Å². The van der Waals surface area contributed by atoms with Crippen molar-refractivity contribution in [1.29, 1.82) is 5.26 Å². The summed E-state index contributed by atoms with van der Waals surface area (Å²) >= 11 is 1.45. The van der Waals surface area contributed by atoms with E-state index in [9.17, 15) is 0 Å². The summed E-state index contributed by atoms with van der Waals surface area (Å²) in [6, 6.07) is 13.5. The number of aromatic nitrogens is 2. The van der Waals surface area contributed by atoms with E-state index in [-0.39, 0.29) is 0 Å². The van der Waals surface area contributed by atoms with E-state index in [1.54, 1.807) is 0 Å². The second kappa shape index (κ2) is 4.91. The zero-order valence-electron chi connectivity index (χ0n) is 10.8. The van der Waals surface area contributed by atoms with Crippen LogP contribution in [0, 0.1) is 18.3 Å². The minimum atomic E-state index is 0.653. The maximum atomic E-state index is 9.15. The first-order valence-electron chi connectivity index (χ1n) is 6.09. The minimum absolute atomic E-state index is 0.653. The molecule has 0 atom stereocenters. The number of aryl methyl sites for hydroxylation is 1. The molecule has 4 nitrogen and oxygen atoms in total. The highest BCUT2D eigenvalue weighted by Gasteiger charge is 2.08. The predicted octanol–water partition coefficient (Wildman–Crippen LogP) is 3.48. The van der Waals surface area contributed by atoms with Crippen LogP contribution >= 0.6 is 11.8 Å². The van der Waals surface area contributed by atoms with Gasteiger partial charge < -0.3 is 10.7 Å². The zero-order chi connectivity index (χ0) is 14.1. The van der Waals surface area contributed by atoms with Gasteiger partial charge in [-0.25, -0.2) is 4.98 Å². The van der Waals surface area contributed by atoms with Crippen LogP contribution in [-0.4, -0.2) is 9.97 Å². The molecule has 0 aliphatic carbocycles. The van der Waals surface area contributed by atoms with Gasteiger partial charge in [0.2, 0.25) is 0 Å². The van der Waals surface area contributed by atoms with Gasteiger partial charge in [0, 0.05) is 10.6 Å². The van der Waals surface area contributed by atoms with Gasteiger partial charge in [0.05, 0.1) is 16.6 Å². The molecule has 0 amide bonds. The summed E-state index contributed by atoms with van der Waals surface area (Å²) in [6.07, 6.45) is 0. The number of rotatable bonds is 2. The molecule has 1 heterocycles. The first kappa shape index (κ1) is 12.6. The standard InChI is InChI=1S/C15H12N4S/c1-9-2-3-10(8-16)14(6-9)20-15-18-12-5-4-11(17)7-13(12)19-15/h2-7H,17H2,1H3,(H,18,19). The summed E-state index contributed by atoms with van der Waals surface area (Å²) in [5.41, 5.74) is 9.99. The molecule has 0 radical (unpaired) electrons. The topological polar surface area (TPSA) is 78.5 Å². The van der Waals surface area contributed by atoms with Crippen molar-refractivity contribution in [3.63, 3.8) is 0 Å². The summed E-state index contributed by atoms with van der Waals surface area (Å²) in [4.78, 5) is 8.62. The number of nitrogens with zero attached hydrogens (tertiary/aromatic N) is 2. The number of fused-ring (bicyclic) bond motifs is 1. The maximum Gasteiger partial charge on any atom is 0.171 e. The van der Waals surface area contributed by atoms with Gasteiger partial charge in [0.25, 0.3) is 0 Å². The van der Waals surface area contributed by atoms with Crippen LogP contribution in [-0.2, 0) is 0 Å². The monoisotopic (exact) mass is 280 g/mol. The fraction of sp³-hybridized carbons (Fsp3) is 0.0667. The second-order valence-corrected chi connectivity index (χ2v) is 5.56. The Bertz CT molecular complexity index is 829. The average Bonchev–Trinajstić information content (AvgIpc) is 2.80. The Balaban J connectivity index is 2.01. The first-order valence-corrected chi connectivity index (χ1v) is 6.91. The molecule has 0 bridgehead atoms. The van der Waals surface area contributed by atoms with E-state index in [0.717, 1.165) is 26.6 Å². The normalized spacial score (nSPS) is 10.6. The molecule has 20 heavy (non-hydrogen) atoms. The van der Waals surface area contributed by atoms with Crippen LogP contribution in [0.3, 0.4) is 0 Å².